The predicted octanol–water partition coefficient (Wildman–Crippen LogP) is 4.98. The van der Waals surface area contributed by atoms with Crippen molar-refractivity contribution >= 4 is 16.0 Å². The van der Waals surface area contributed by atoms with Gasteiger partial charge in [0, 0.05) is 55.7 Å². The summed E-state index contributed by atoms with van der Waals surface area (Å²) in [6, 6.07) is 11.6. The molecule has 0 unspecified atom stereocenters. The average Bonchev–Trinajstić information content (AvgIpc) is 3.39. The number of nitrogens with zero attached hydrogens (tertiary/aromatic N) is 5. The Morgan fingerprint density at radius 1 is 1.12 bits per heavy atom. The number of aryl methyl sites for hydroxylation is 1. The molecule has 0 spiro atoms. The maximum atomic E-state index is 13.7. The van der Waals surface area contributed by atoms with Crippen LogP contribution in [0.4, 0.5) is 13.2 Å². The molecule has 2 aromatic carbocycles. The Balaban J connectivity index is 1.32. The first-order valence-electron chi connectivity index (χ1n) is 13.4. The molecule has 2 aromatic heterocycles. The molecule has 1 N–H and O–H groups in total. The first kappa shape index (κ1) is 28.2. The van der Waals surface area contributed by atoms with E-state index in [2.05, 4.69) is 10.3 Å². The molecule has 0 saturated heterocycles. The summed E-state index contributed by atoms with van der Waals surface area (Å²) in [5, 5.41) is 18.1. The van der Waals surface area contributed by atoms with E-state index in [0.29, 0.717) is 16.9 Å². The summed E-state index contributed by atoms with van der Waals surface area (Å²) in [6.45, 7) is 1.97. The number of aromatic carboxylic acids is 1. The number of halogens is 3. The number of benzene rings is 2. The highest BCUT2D eigenvalue weighted by atomic mass is 32.2. The van der Waals surface area contributed by atoms with Crippen LogP contribution in [0.15, 0.2) is 65.8 Å². The third-order valence-electron chi connectivity index (χ3n) is 7.94. The molecule has 13 heteroatoms. The predicted molar refractivity (Wildman–Crippen MR) is 146 cm³/mol. The minimum Gasteiger partial charge on any atom is -0.478 e. The molecule has 0 bridgehead atoms. The number of carboxylic acids is 1. The van der Waals surface area contributed by atoms with Gasteiger partial charge in [-0.05, 0) is 66.3 Å². The second-order valence-corrected chi connectivity index (χ2v) is 13.1. The van der Waals surface area contributed by atoms with Crippen LogP contribution < -0.4 is 0 Å². The van der Waals surface area contributed by atoms with E-state index in [9.17, 15) is 31.5 Å². The van der Waals surface area contributed by atoms with Gasteiger partial charge in [-0.15, -0.1) is 5.10 Å². The fourth-order valence-corrected chi connectivity index (χ4v) is 7.70. The summed E-state index contributed by atoms with van der Waals surface area (Å²) >= 11 is 0. The van der Waals surface area contributed by atoms with Gasteiger partial charge in [0.15, 0.2) is 0 Å². The van der Waals surface area contributed by atoms with E-state index in [4.69, 9.17) is 0 Å². The zero-order chi connectivity index (χ0) is 30.0. The van der Waals surface area contributed by atoms with Crippen molar-refractivity contribution in [3.8, 4) is 5.69 Å². The third-order valence-corrected chi connectivity index (χ3v) is 9.85. The zero-order valence-electron chi connectivity index (χ0n) is 22.8. The van der Waals surface area contributed by atoms with Crippen LogP contribution in [0.3, 0.4) is 0 Å². The fraction of sp³-hybridized carbons (Fsp3) is 0.345. The Morgan fingerprint density at radius 2 is 1.90 bits per heavy atom. The van der Waals surface area contributed by atoms with Gasteiger partial charge in [-0.25, -0.2) is 13.2 Å². The number of alkyl halides is 3. The highest BCUT2D eigenvalue weighted by molar-refractivity contribution is 7.89. The molecular weight excluding hydrogens is 571 g/mol. The summed E-state index contributed by atoms with van der Waals surface area (Å²) in [4.78, 5) is 12.0. The van der Waals surface area contributed by atoms with Gasteiger partial charge in [-0.2, -0.15) is 17.5 Å². The van der Waals surface area contributed by atoms with E-state index in [1.165, 1.54) is 4.31 Å². The van der Waals surface area contributed by atoms with E-state index in [1.54, 1.807) is 36.1 Å². The largest absolute Gasteiger partial charge is 0.478 e. The Kier molecular flexibility index (Phi) is 6.76. The normalized spacial score (nSPS) is 22.0. The van der Waals surface area contributed by atoms with Crippen molar-refractivity contribution in [2.75, 3.05) is 6.54 Å². The number of aromatic nitrogens is 4. The summed E-state index contributed by atoms with van der Waals surface area (Å²) in [5.41, 5.74) is 2.26. The molecule has 3 heterocycles. The Morgan fingerprint density at radius 3 is 2.60 bits per heavy atom. The number of carbonyl (C=O) groups is 1. The Labute approximate surface area is 240 Å². The quantitative estimate of drug-likeness (QED) is 0.335. The van der Waals surface area contributed by atoms with Crippen LogP contribution in [-0.4, -0.2) is 49.9 Å². The minimum atomic E-state index is -4.57. The van der Waals surface area contributed by atoms with Crippen molar-refractivity contribution in [3.05, 3.63) is 94.6 Å². The summed E-state index contributed by atoms with van der Waals surface area (Å²) in [5.74, 6) is -1.29. The highest BCUT2D eigenvalue weighted by Gasteiger charge is 2.45. The van der Waals surface area contributed by atoms with E-state index in [-0.39, 0.29) is 53.3 Å². The monoisotopic (exact) mass is 599 g/mol. The fourth-order valence-electron chi connectivity index (χ4n) is 5.94. The van der Waals surface area contributed by atoms with E-state index in [0.717, 1.165) is 30.3 Å². The molecule has 0 radical (unpaired) electrons. The van der Waals surface area contributed by atoms with Gasteiger partial charge < -0.3 is 9.67 Å². The van der Waals surface area contributed by atoms with Crippen molar-refractivity contribution in [2.24, 2.45) is 13.0 Å². The smallest absolute Gasteiger partial charge is 0.416 e. The Hall–Kier alpha value is -3.97. The molecule has 9 nitrogen and oxygen atoms in total. The number of rotatable bonds is 6. The van der Waals surface area contributed by atoms with Crippen molar-refractivity contribution in [3.63, 3.8) is 0 Å². The molecule has 220 valence electrons. The van der Waals surface area contributed by atoms with Crippen molar-refractivity contribution in [1.82, 2.24) is 23.9 Å². The standard InChI is InChI=1S/C29H28F3N5O4S/c1-17-10-19-12-20(29(30,31)32)6-7-26(19)42(40,41)36(14-17)15-18-4-3-5-21(11-18)37-9-8-22(28(38)39)27(37)24-13-23(24)25-16-35(2)34-33-25/h3-9,11-12,16-17,23-24H,10,13-15H2,1-2H3,(H,38,39)/t17-,23+,24+/m0/s1. The van der Waals surface area contributed by atoms with Crippen LogP contribution >= 0.6 is 0 Å². The summed E-state index contributed by atoms with van der Waals surface area (Å²) in [6.07, 6.45) is -0.121. The second kappa shape index (κ2) is 10.1. The molecule has 4 aromatic rings. The minimum absolute atomic E-state index is 0.00895. The van der Waals surface area contributed by atoms with Crippen LogP contribution in [0.5, 0.6) is 0 Å². The topological polar surface area (TPSA) is 110 Å². The molecule has 2 aliphatic rings. The number of carboxylic acid groups (broad SMARTS) is 1. The van der Waals surface area contributed by atoms with E-state index >= 15 is 0 Å². The maximum Gasteiger partial charge on any atom is 0.416 e. The van der Waals surface area contributed by atoms with Crippen LogP contribution in [0.1, 0.15) is 63.6 Å². The molecule has 6 rings (SSSR count). The van der Waals surface area contributed by atoms with Crippen LogP contribution in [-0.2, 0) is 36.2 Å². The highest BCUT2D eigenvalue weighted by Crippen LogP contribution is 2.55. The van der Waals surface area contributed by atoms with Gasteiger partial charge in [-0.1, -0.05) is 24.3 Å². The average molecular weight is 600 g/mol. The number of fused-ring (bicyclic) bond motifs is 1. The summed E-state index contributed by atoms with van der Waals surface area (Å²) < 4.78 is 72.0. The van der Waals surface area contributed by atoms with Gasteiger partial charge in [-0.3, -0.25) is 4.68 Å². The van der Waals surface area contributed by atoms with Crippen molar-refractivity contribution < 1.29 is 31.5 Å². The van der Waals surface area contributed by atoms with E-state index < -0.39 is 27.7 Å². The number of hydrogen-bond donors (Lipinski definition) is 1. The Bertz CT molecular complexity index is 1800. The van der Waals surface area contributed by atoms with Crippen LogP contribution in [0.25, 0.3) is 5.69 Å². The number of sulfonamides is 1. The lowest BCUT2D eigenvalue weighted by Gasteiger charge is -2.23. The molecular formula is C29H28F3N5O4S. The molecule has 1 fully saturated rings. The van der Waals surface area contributed by atoms with Crippen molar-refractivity contribution in [2.45, 2.75) is 49.2 Å². The lowest BCUT2D eigenvalue weighted by atomic mass is 9.99. The molecule has 42 heavy (non-hydrogen) atoms. The third kappa shape index (κ3) is 5.11. The zero-order valence-corrected chi connectivity index (χ0v) is 23.6. The second-order valence-electron chi connectivity index (χ2n) is 11.2. The SMILES string of the molecule is C[C@H]1Cc2cc(C(F)(F)F)ccc2S(=O)(=O)N(Cc2cccc(-n3ccc(C(=O)O)c3[C@@H]3C[C@H]3c3cn(C)nn3)c2)C1. The lowest BCUT2D eigenvalue weighted by molar-refractivity contribution is -0.137. The van der Waals surface area contributed by atoms with Gasteiger partial charge in [0.1, 0.15) is 0 Å². The summed E-state index contributed by atoms with van der Waals surface area (Å²) in [7, 11) is -2.31. The first-order chi connectivity index (χ1) is 19.8. The van der Waals surface area contributed by atoms with Gasteiger partial charge in [0.25, 0.3) is 0 Å². The molecule has 1 aliphatic carbocycles. The van der Waals surface area contributed by atoms with Gasteiger partial charge in [0.2, 0.25) is 10.0 Å². The molecule has 3 atom stereocenters. The first-order valence-corrected chi connectivity index (χ1v) is 14.9. The molecule has 1 aliphatic heterocycles. The maximum absolute atomic E-state index is 13.7. The van der Waals surface area contributed by atoms with Gasteiger partial charge >= 0.3 is 12.1 Å². The lowest BCUT2D eigenvalue weighted by Crippen LogP contribution is -2.32. The van der Waals surface area contributed by atoms with Crippen molar-refractivity contribution in [1.29, 1.82) is 0 Å². The van der Waals surface area contributed by atoms with Crippen LogP contribution in [0.2, 0.25) is 0 Å². The van der Waals surface area contributed by atoms with E-state index in [1.807, 2.05) is 29.8 Å². The number of hydrogen-bond acceptors (Lipinski definition) is 5. The molecule has 0 amide bonds. The van der Waals surface area contributed by atoms with Crippen LogP contribution in [0, 0.1) is 5.92 Å². The van der Waals surface area contributed by atoms with Gasteiger partial charge in [0.05, 0.1) is 21.7 Å². The molecule has 1 saturated carbocycles.